The minimum Gasteiger partial charge on any atom is -0.423 e. The molecule has 4 rings (SSSR count). The first-order chi connectivity index (χ1) is 15.5. The Labute approximate surface area is 187 Å². The molecule has 8 heteroatoms. The summed E-state index contributed by atoms with van der Waals surface area (Å²) in [6.45, 7) is -0.0152. The SMILES string of the molecule is O=C(CCN1C(=O)S/C(=C\C=C\c2ccccc2)C1=O)Nc1ccc2oc(=O)ccc2c1. The van der Waals surface area contributed by atoms with Crippen LogP contribution >= 0.6 is 11.8 Å². The van der Waals surface area contributed by atoms with Crippen molar-refractivity contribution in [2.75, 3.05) is 11.9 Å². The Hall–Kier alpha value is -3.91. The van der Waals surface area contributed by atoms with Gasteiger partial charge in [-0.3, -0.25) is 19.3 Å². The number of hydrogen-bond acceptors (Lipinski definition) is 6. The third-order valence-electron chi connectivity index (χ3n) is 4.67. The van der Waals surface area contributed by atoms with Gasteiger partial charge < -0.3 is 9.73 Å². The lowest BCUT2D eigenvalue weighted by Gasteiger charge is -2.12. The minimum absolute atomic E-state index is 0.0152. The summed E-state index contributed by atoms with van der Waals surface area (Å²) in [7, 11) is 0. The monoisotopic (exact) mass is 446 g/mol. The number of nitrogens with one attached hydrogen (secondary N) is 1. The first-order valence-corrected chi connectivity index (χ1v) is 10.6. The van der Waals surface area contributed by atoms with Gasteiger partial charge in [-0.15, -0.1) is 0 Å². The molecule has 0 unspecified atom stereocenters. The van der Waals surface area contributed by atoms with E-state index in [4.69, 9.17) is 4.42 Å². The van der Waals surface area contributed by atoms with Gasteiger partial charge in [0.25, 0.3) is 11.1 Å². The van der Waals surface area contributed by atoms with E-state index >= 15 is 0 Å². The highest BCUT2D eigenvalue weighted by atomic mass is 32.2. The third kappa shape index (κ3) is 5.04. The van der Waals surface area contributed by atoms with Gasteiger partial charge in [0.05, 0.1) is 4.91 Å². The maximum Gasteiger partial charge on any atom is 0.336 e. The molecule has 1 N–H and O–H groups in total. The van der Waals surface area contributed by atoms with Crippen molar-refractivity contribution < 1.29 is 18.8 Å². The average Bonchev–Trinajstić information content (AvgIpc) is 3.05. The highest BCUT2D eigenvalue weighted by molar-refractivity contribution is 8.18. The number of nitrogens with zero attached hydrogens (tertiary/aromatic N) is 1. The highest BCUT2D eigenvalue weighted by Gasteiger charge is 2.34. The van der Waals surface area contributed by atoms with Crippen molar-refractivity contribution in [3.8, 4) is 0 Å². The lowest BCUT2D eigenvalue weighted by atomic mass is 10.2. The number of fused-ring (bicyclic) bond motifs is 1. The summed E-state index contributed by atoms with van der Waals surface area (Å²) in [5.41, 5.74) is 1.48. The number of anilines is 1. The molecule has 2 heterocycles. The van der Waals surface area contributed by atoms with Crippen LogP contribution in [-0.2, 0) is 9.59 Å². The number of imide groups is 1. The predicted molar refractivity (Wildman–Crippen MR) is 124 cm³/mol. The van der Waals surface area contributed by atoms with Crippen LogP contribution in [-0.4, -0.2) is 28.5 Å². The van der Waals surface area contributed by atoms with E-state index in [2.05, 4.69) is 5.32 Å². The molecule has 0 bridgehead atoms. The quantitative estimate of drug-likeness (QED) is 0.445. The molecule has 0 aliphatic carbocycles. The fraction of sp³-hybridized carbons (Fsp3) is 0.0833. The second kappa shape index (κ2) is 9.49. The van der Waals surface area contributed by atoms with Crippen LogP contribution < -0.4 is 10.9 Å². The van der Waals surface area contributed by atoms with E-state index in [9.17, 15) is 19.2 Å². The third-order valence-corrected chi connectivity index (χ3v) is 5.60. The second-order valence-corrected chi connectivity index (χ2v) is 7.92. The summed E-state index contributed by atoms with van der Waals surface area (Å²) in [5.74, 6) is -0.750. The molecule has 0 atom stereocenters. The number of hydrogen-bond donors (Lipinski definition) is 1. The highest BCUT2D eigenvalue weighted by Crippen LogP contribution is 2.30. The number of carbonyl (C=O) groups excluding carboxylic acids is 3. The molecule has 32 heavy (non-hydrogen) atoms. The van der Waals surface area contributed by atoms with Crippen LogP contribution in [0, 0.1) is 0 Å². The molecule has 1 fully saturated rings. The van der Waals surface area contributed by atoms with Gasteiger partial charge in [0.2, 0.25) is 5.91 Å². The van der Waals surface area contributed by atoms with Crippen molar-refractivity contribution >= 4 is 51.5 Å². The van der Waals surface area contributed by atoms with Crippen molar-refractivity contribution in [1.29, 1.82) is 0 Å². The number of allylic oxidation sites excluding steroid dienone is 2. The molecular formula is C24H18N2O5S. The zero-order chi connectivity index (χ0) is 22.5. The Balaban J connectivity index is 1.34. The molecule has 3 amide bonds. The average molecular weight is 446 g/mol. The summed E-state index contributed by atoms with van der Waals surface area (Å²) >= 11 is 0.855. The van der Waals surface area contributed by atoms with Crippen LogP contribution in [0.4, 0.5) is 10.5 Å². The molecule has 3 aromatic rings. The molecule has 1 saturated heterocycles. The summed E-state index contributed by atoms with van der Waals surface area (Å²) in [6.07, 6.45) is 5.13. The Morgan fingerprint density at radius 3 is 2.66 bits per heavy atom. The van der Waals surface area contributed by atoms with E-state index < -0.39 is 16.8 Å². The number of benzene rings is 2. The molecular weight excluding hydrogens is 428 g/mol. The Morgan fingerprint density at radius 1 is 1.03 bits per heavy atom. The fourth-order valence-electron chi connectivity index (χ4n) is 3.10. The van der Waals surface area contributed by atoms with Gasteiger partial charge in [0.1, 0.15) is 5.58 Å². The summed E-state index contributed by atoms with van der Waals surface area (Å²) < 4.78 is 5.06. The molecule has 0 saturated carbocycles. The lowest BCUT2D eigenvalue weighted by Crippen LogP contribution is -2.31. The van der Waals surface area contributed by atoms with Crippen LogP contribution in [0.2, 0.25) is 0 Å². The zero-order valence-electron chi connectivity index (χ0n) is 16.8. The predicted octanol–water partition coefficient (Wildman–Crippen LogP) is 4.41. The summed E-state index contributed by atoms with van der Waals surface area (Å²) in [4.78, 5) is 49.7. The largest absolute Gasteiger partial charge is 0.423 e. The van der Waals surface area contributed by atoms with Crippen molar-refractivity contribution in [2.24, 2.45) is 0 Å². The van der Waals surface area contributed by atoms with E-state index in [-0.39, 0.29) is 18.9 Å². The Kier molecular flexibility index (Phi) is 6.32. The molecule has 0 radical (unpaired) electrons. The number of rotatable bonds is 6. The van der Waals surface area contributed by atoms with Gasteiger partial charge in [-0.25, -0.2) is 4.79 Å². The Bertz CT molecular complexity index is 1310. The van der Waals surface area contributed by atoms with Gasteiger partial charge in [-0.2, -0.15) is 0 Å². The van der Waals surface area contributed by atoms with Crippen LogP contribution in [0.5, 0.6) is 0 Å². The zero-order valence-corrected chi connectivity index (χ0v) is 17.6. The van der Waals surface area contributed by atoms with E-state index in [1.807, 2.05) is 36.4 Å². The van der Waals surface area contributed by atoms with Gasteiger partial charge >= 0.3 is 5.63 Å². The molecule has 7 nitrogen and oxygen atoms in total. The van der Waals surface area contributed by atoms with Crippen LogP contribution in [0.25, 0.3) is 17.0 Å². The van der Waals surface area contributed by atoms with E-state index in [1.54, 1.807) is 36.4 Å². The molecule has 1 aromatic heterocycles. The van der Waals surface area contributed by atoms with Crippen molar-refractivity contribution in [3.63, 3.8) is 0 Å². The molecule has 0 spiro atoms. The molecule has 2 aromatic carbocycles. The Morgan fingerprint density at radius 2 is 1.84 bits per heavy atom. The standard InChI is InChI=1S/C24H18N2O5S/c27-21(25-18-10-11-19-17(15-18)9-12-22(28)31-19)13-14-26-23(29)20(32-24(26)30)8-4-7-16-5-2-1-3-6-16/h1-12,15H,13-14H2,(H,25,27)/b7-4+,20-8-. The van der Waals surface area contributed by atoms with Gasteiger partial charge in [-0.05, 0) is 47.7 Å². The van der Waals surface area contributed by atoms with Crippen molar-refractivity contribution in [3.05, 3.63) is 93.7 Å². The fourth-order valence-corrected chi connectivity index (χ4v) is 3.92. The van der Waals surface area contributed by atoms with Crippen LogP contribution in [0.15, 0.2) is 86.9 Å². The lowest BCUT2D eigenvalue weighted by molar-refractivity contribution is -0.123. The molecule has 160 valence electrons. The van der Waals surface area contributed by atoms with E-state index in [1.165, 1.54) is 6.07 Å². The van der Waals surface area contributed by atoms with Gasteiger partial charge in [-0.1, -0.05) is 42.5 Å². The maximum atomic E-state index is 12.5. The number of amides is 3. The number of thioether (sulfide) groups is 1. The van der Waals surface area contributed by atoms with Crippen LogP contribution in [0.3, 0.4) is 0 Å². The van der Waals surface area contributed by atoms with Crippen molar-refractivity contribution in [1.82, 2.24) is 4.90 Å². The van der Waals surface area contributed by atoms with Gasteiger partial charge in [0.15, 0.2) is 0 Å². The van der Waals surface area contributed by atoms with Crippen LogP contribution in [0.1, 0.15) is 12.0 Å². The smallest absolute Gasteiger partial charge is 0.336 e. The first kappa shape index (κ1) is 21.3. The second-order valence-electron chi connectivity index (χ2n) is 6.93. The first-order valence-electron chi connectivity index (χ1n) is 9.80. The molecule has 1 aliphatic heterocycles. The number of carbonyl (C=O) groups is 3. The maximum absolute atomic E-state index is 12.5. The normalized spacial score (nSPS) is 15.2. The van der Waals surface area contributed by atoms with Crippen molar-refractivity contribution in [2.45, 2.75) is 6.42 Å². The summed E-state index contributed by atoms with van der Waals surface area (Å²) in [5, 5.41) is 2.99. The minimum atomic E-state index is -0.448. The topological polar surface area (TPSA) is 96.7 Å². The molecule has 1 aliphatic rings. The van der Waals surface area contributed by atoms with E-state index in [0.29, 0.717) is 21.6 Å². The van der Waals surface area contributed by atoms with E-state index in [0.717, 1.165) is 22.2 Å². The summed E-state index contributed by atoms with van der Waals surface area (Å²) in [6, 6.07) is 17.4. The van der Waals surface area contributed by atoms with Gasteiger partial charge in [0, 0.05) is 30.1 Å².